The van der Waals surface area contributed by atoms with Crippen molar-refractivity contribution in [3.8, 4) is 0 Å². The third-order valence-electron chi connectivity index (χ3n) is 4.15. The minimum atomic E-state index is -0.908. The van der Waals surface area contributed by atoms with Crippen molar-refractivity contribution in [3.05, 3.63) is 65.8 Å². The summed E-state index contributed by atoms with van der Waals surface area (Å²) in [5, 5.41) is 0. The van der Waals surface area contributed by atoms with Crippen LogP contribution in [-0.4, -0.2) is 45.7 Å². The van der Waals surface area contributed by atoms with Crippen molar-refractivity contribution in [3.63, 3.8) is 0 Å². The van der Waals surface area contributed by atoms with Gasteiger partial charge in [-0.2, -0.15) is 0 Å². The molecule has 0 saturated carbocycles. The zero-order chi connectivity index (χ0) is 20.3. The van der Waals surface area contributed by atoms with Crippen LogP contribution in [0.5, 0.6) is 0 Å². The van der Waals surface area contributed by atoms with Crippen LogP contribution in [0.3, 0.4) is 0 Å². The van der Waals surface area contributed by atoms with Crippen molar-refractivity contribution in [1.82, 2.24) is 14.9 Å². The first-order chi connectivity index (χ1) is 13.5. The second kappa shape index (κ2) is 7.95. The van der Waals surface area contributed by atoms with Crippen molar-refractivity contribution in [2.24, 2.45) is 0 Å². The lowest BCUT2D eigenvalue weighted by atomic mass is 10.3. The molecule has 144 valence electrons. The van der Waals surface area contributed by atoms with Gasteiger partial charge < -0.3 is 9.64 Å². The Kier molecular flexibility index (Phi) is 5.44. The predicted molar refractivity (Wildman–Crippen MR) is 96.3 cm³/mol. The lowest BCUT2D eigenvalue weighted by Crippen LogP contribution is -2.35. The molecule has 0 atom stereocenters. The van der Waals surface area contributed by atoms with Crippen molar-refractivity contribution >= 4 is 23.5 Å². The Morgan fingerprint density at radius 3 is 2.36 bits per heavy atom. The van der Waals surface area contributed by atoms with Gasteiger partial charge in [0.2, 0.25) is 5.76 Å². The van der Waals surface area contributed by atoms with Gasteiger partial charge in [-0.25, -0.2) is 19.1 Å². The van der Waals surface area contributed by atoms with Crippen LogP contribution in [0.4, 0.5) is 10.1 Å². The van der Waals surface area contributed by atoms with Gasteiger partial charge in [0.15, 0.2) is 11.4 Å². The number of likely N-dealkylation sites (N-methyl/N-ethyl adjacent to an activating group) is 1. The highest BCUT2D eigenvalue weighted by atomic mass is 19.1. The smallest absolute Gasteiger partial charge is 0.364 e. The summed E-state index contributed by atoms with van der Waals surface area (Å²) < 4.78 is 18.5. The fraction of sp³-hybridized carbons (Fsp3) is 0.211. The maximum Gasteiger partial charge on any atom is 0.364 e. The van der Waals surface area contributed by atoms with E-state index in [1.54, 1.807) is 18.7 Å². The molecule has 2 aromatic rings. The number of anilines is 1. The Morgan fingerprint density at radius 1 is 1.11 bits per heavy atom. The van der Waals surface area contributed by atoms with E-state index in [1.807, 2.05) is 0 Å². The number of halogens is 1. The summed E-state index contributed by atoms with van der Waals surface area (Å²) in [6.07, 6.45) is 3.89. The van der Waals surface area contributed by atoms with Crippen LogP contribution in [0.15, 0.2) is 54.3 Å². The molecule has 0 unspecified atom stereocenters. The molecular weight excluding hydrogens is 367 g/mol. The van der Waals surface area contributed by atoms with Gasteiger partial charge in [-0.05, 0) is 38.1 Å². The number of carbonyl (C=O) groups excluding carboxylic acids is 3. The van der Waals surface area contributed by atoms with Crippen molar-refractivity contribution < 1.29 is 23.5 Å². The van der Waals surface area contributed by atoms with Gasteiger partial charge in [0.25, 0.3) is 5.91 Å². The highest BCUT2D eigenvalue weighted by Gasteiger charge is 2.44. The molecule has 1 aliphatic rings. The Balaban J connectivity index is 2.01. The Labute approximate surface area is 160 Å². The molecule has 1 aliphatic heterocycles. The van der Waals surface area contributed by atoms with Gasteiger partial charge in [0.05, 0.1) is 11.9 Å². The van der Waals surface area contributed by atoms with Gasteiger partial charge in [-0.15, -0.1) is 0 Å². The monoisotopic (exact) mass is 384 g/mol. The maximum atomic E-state index is 13.2. The fourth-order valence-corrected chi connectivity index (χ4v) is 2.78. The second-order valence-electron chi connectivity index (χ2n) is 5.75. The minimum absolute atomic E-state index is 0.0310. The fourth-order valence-electron chi connectivity index (χ4n) is 2.78. The summed E-state index contributed by atoms with van der Waals surface area (Å²) >= 11 is 0. The van der Waals surface area contributed by atoms with E-state index in [0.717, 1.165) is 17.0 Å². The molecule has 0 bridgehead atoms. The number of hydrogen-bond acceptors (Lipinski definition) is 7. The highest BCUT2D eigenvalue weighted by molar-refractivity contribution is 6.32. The SMILES string of the molecule is CCN(CC)C1=C(OC(=O)c2cnccn2)C(=O)N(c2ccc(F)cc2)C1=O. The highest BCUT2D eigenvalue weighted by Crippen LogP contribution is 2.30. The molecule has 28 heavy (non-hydrogen) atoms. The second-order valence-corrected chi connectivity index (χ2v) is 5.75. The standard InChI is InChI=1S/C19H17FN4O4/c1-3-23(4-2)15-16(28-19(27)14-11-21-9-10-22-14)18(26)24(17(15)25)13-7-5-12(20)6-8-13/h5-11H,3-4H2,1-2H3. The third kappa shape index (κ3) is 3.46. The summed E-state index contributed by atoms with van der Waals surface area (Å²) in [4.78, 5) is 48.4. The van der Waals surface area contributed by atoms with Crippen LogP contribution in [0.2, 0.25) is 0 Å². The molecular formula is C19H17FN4O4. The lowest BCUT2D eigenvalue weighted by molar-refractivity contribution is -0.122. The Bertz CT molecular complexity index is 940. The van der Waals surface area contributed by atoms with Crippen LogP contribution in [0.1, 0.15) is 24.3 Å². The molecule has 9 heteroatoms. The zero-order valence-corrected chi connectivity index (χ0v) is 15.3. The molecule has 2 amide bonds. The maximum absolute atomic E-state index is 13.2. The van der Waals surface area contributed by atoms with Crippen molar-refractivity contribution in [2.45, 2.75) is 13.8 Å². The molecule has 3 rings (SSSR count). The molecule has 0 spiro atoms. The van der Waals surface area contributed by atoms with Crippen molar-refractivity contribution in [1.29, 1.82) is 0 Å². The number of aromatic nitrogens is 2. The minimum Gasteiger partial charge on any atom is -0.413 e. The van der Waals surface area contributed by atoms with E-state index in [-0.39, 0.29) is 17.1 Å². The van der Waals surface area contributed by atoms with Crippen LogP contribution in [-0.2, 0) is 14.3 Å². The number of amides is 2. The van der Waals surface area contributed by atoms with Crippen LogP contribution < -0.4 is 4.90 Å². The lowest BCUT2D eigenvalue weighted by Gasteiger charge is -2.22. The summed E-state index contributed by atoms with van der Waals surface area (Å²) in [5.74, 6) is -3.27. The molecule has 0 aliphatic carbocycles. The van der Waals surface area contributed by atoms with Crippen molar-refractivity contribution in [2.75, 3.05) is 18.0 Å². The Hall–Kier alpha value is -3.62. The summed E-state index contributed by atoms with van der Waals surface area (Å²) in [5.41, 5.74) is 0.0394. The number of ether oxygens (including phenoxy) is 1. The number of hydrogen-bond donors (Lipinski definition) is 0. The van der Waals surface area contributed by atoms with E-state index in [2.05, 4.69) is 9.97 Å². The number of nitrogens with zero attached hydrogens (tertiary/aromatic N) is 4. The number of benzene rings is 1. The molecule has 1 aromatic carbocycles. The van der Waals surface area contributed by atoms with Gasteiger partial charge in [-0.3, -0.25) is 14.6 Å². The molecule has 0 N–H and O–H groups in total. The van der Waals surface area contributed by atoms with E-state index in [1.165, 1.54) is 30.7 Å². The van der Waals surface area contributed by atoms with E-state index in [4.69, 9.17) is 4.74 Å². The zero-order valence-electron chi connectivity index (χ0n) is 15.3. The van der Waals surface area contributed by atoms with E-state index >= 15 is 0 Å². The first-order valence-electron chi connectivity index (χ1n) is 8.59. The van der Waals surface area contributed by atoms with Gasteiger partial charge >= 0.3 is 11.9 Å². The predicted octanol–water partition coefficient (Wildman–Crippen LogP) is 1.90. The summed E-state index contributed by atoms with van der Waals surface area (Å²) in [7, 11) is 0. The molecule has 0 saturated heterocycles. The van der Waals surface area contributed by atoms with Gasteiger partial charge in [0, 0.05) is 25.5 Å². The first-order valence-corrected chi connectivity index (χ1v) is 8.59. The number of imide groups is 1. The average Bonchev–Trinajstić information content (AvgIpc) is 2.95. The quantitative estimate of drug-likeness (QED) is 0.555. The third-order valence-corrected chi connectivity index (χ3v) is 4.15. The Morgan fingerprint density at radius 2 is 1.79 bits per heavy atom. The van der Waals surface area contributed by atoms with Gasteiger partial charge in [0.1, 0.15) is 5.82 Å². The molecule has 1 aromatic heterocycles. The van der Waals surface area contributed by atoms with E-state index < -0.39 is 29.4 Å². The first kappa shape index (κ1) is 19.2. The summed E-state index contributed by atoms with van der Waals surface area (Å²) in [6, 6.07) is 4.88. The summed E-state index contributed by atoms with van der Waals surface area (Å²) in [6.45, 7) is 4.43. The largest absolute Gasteiger partial charge is 0.413 e. The number of esters is 1. The average molecular weight is 384 g/mol. The molecule has 2 heterocycles. The number of rotatable bonds is 6. The molecule has 8 nitrogen and oxygen atoms in total. The molecule has 0 radical (unpaired) electrons. The molecule has 0 fully saturated rings. The van der Waals surface area contributed by atoms with E-state index in [0.29, 0.717) is 13.1 Å². The van der Waals surface area contributed by atoms with Crippen LogP contribution in [0.25, 0.3) is 0 Å². The number of carbonyl (C=O) groups is 3. The van der Waals surface area contributed by atoms with Gasteiger partial charge in [-0.1, -0.05) is 0 Å². The normalized spacial score (nSPS) is 13.9. The topological polar surface area (TPSA) is 92.7 Å². The van der Waals surface area contributed by atoms with Crippen LogP contribution >= 0.6 is 0 Å². The van der Waals surface area contributed by atoms with Crippen LogP contribution in [0, 0.1) is 5.82 Å². The van der Waals surface area contributed by atoms with E-state index in [9.17, 15) is 18.8 Å².